The Morgan fingerprint density at radius 2 is 2.10 bits per heavy atom. The van der Waals surface area contributed by atoms with E-state index < -0.39 is 5.91 Å². The number of carbonyl (C=O) groups is 2. The van der Waals surface area contributed by atoms with Gasteiger partial charge in [-0.25, -0.2) is 0 Å². The molecule has 21 heavy (non-hydrogen) atoms. The molecule has 0 unspecified atom stereocenters. The highest BCUT2D eigenvalue weighted by Gasteiger charge is 2.23. The summed E-state index contributed by atoms with van der Waals surface area (Å²) in [7, 11) is 1.55. The maximum absolute atomic E-state index is 12.5. The molecule has 0 radical (unpaired) electrons. The Labute approximate surface area is 126 Å². The number of benzene rings is 1. The number of anilines is 1. The van der Waals surface area contributed by atoms with Crippen molar-refractivity contribution in [2.24, 2.45) is 5.73 Å². The number of nitrogens with zero attached hydrogens (tertiary/aromatic N) is 1. The van der Waals surface area contributed by atoms with Crippen LogP contribution in [-0.4, -0.2) is 36.9 Å². The molecule has 0 bridgehead atoms. The fraction of sp³-hybridized carbons (Fsp3) is 0.286. The number of methoxy groups -OCH3 is 1. The van der Waals surface area contributed by atoms with Gasteiger partial charge in [0.25, 0.3) is 5.91 Å². The zero-order valence-corrected chi connectivity index (χ0v) is 12.7. The summed E-state index contributed by atoms with van der Waals surface area (Å²) in [5.41, 5.74) is 11.6. The summed E-state index contributed by atoms with van der Waals surface area (Å²) in [6, 6.07) is 5.51. The third-order valence-electron chi connectivity index (χ3n) is 3.14. The molecule has 2 rings (SSSR count). The highest BCUT2D eigenvalue weighted by atomic mass is 32.1. The van der Waals surface area contributed by atoms with Crippen molar-refractivity contribution in [3.8, 4) is 5.75 Å². The highest BCUT2D eigenvalue weighted by molar-refractivity contribution is 7.21. The molecule has 0 aliphatic carbocycles. The lowest BCUT2D eigenvalue weighted by Crippen LogP contribution is -2.38. The van der Waals surface area contributed by atoms with E-state index in [1.165, 1.54) is 16.2 Å². The molecule has 0 aliphatic rings. The smallest absolute Gasteiger partial charge is 0.266 e. The molecule has 0 aliphatic heterocycles. The average molecular weight is 307 g/mol. The molecule has 112 valence electrons. The molecule has 6 nitrogen and oxygen atoms in total. The maximum Gasteiger partial charge on any atom is 0.266 e. The fourth-order valence-corrected chi connectivity index (χ4v) is 3.24. The van der Waals surface area contributed by atoms with Gasteiger partial charge in [0.05, 0.1) is 24.7 Å². The Hall–Kier alpha value is -2.28. The standard InChI is InChI=1S/C14H17N3O3S/c1-3-17(7-10(15)18)14(19)13-12(16)11-8(20-2)5-4-6-9(11)21-13/h4-6H,3,7,16H2,1-2H3,(H2,15,18). The van der Waals surface area contributed by atoms with Gasteiger partial charge in [0, 0.05) is 11.2 Å². The van der Waals surface area contributed by atoms with Crippen molar-refractivity contribution in [3.05, 3.63) is 23.1 Å². The Morgan fingerprint density at radius 3 is 2.67 bits per heavy atom. The van der Waals surface area contributed by atoms with Gasteiger partial charge in [0.2, 0.25) is 5.91 Å². The lowest BCUT2D eigenvalue weighted by Gasteiger charge is -2.18. The fourth-order valence-electron chi connectivity index (χ4n) is 2.13. The molecule has 2 aromatic rings. The summed E-state index contributed by atoms with van der Waals surface area (Å²) < 4.78 is 6.15. The van der Waals surface area contributed by atoms with Crippen molar-refractivity contribution in [1.82, 2.24) is 4.90 Å². The van der Waals surface area contributed by atoms with Gasteiger partial charge in [-0.3, -0.25) is 9.59 Å². The normalized spacial score (nSPS) is 10.6. The second kappa shape index (κ2) is 6.01. The molecule has 0 atom stereocenters. The van der Waals surface area contributed by atoms with Crippen LogP contribution in [0, 0.1) is 0 Å². The van der Waals surface area contributed by atoms with Crippen LogP contribution in [0.5, 0.6) is 5.75 Å². The highest BCUT2D eigenvalue weighted by Crippen LogP contribution is 2.39. The van der Waals surface area contributed by atoms with Gasteiger partial charge in [-0.15, -0.1) is 11.3 Å². The number of fused-ring (bicyclic) bond motifs is 1. The van der Waals surface area contributed by atoms with Crippen molar-refractivity contribution >= 4 is 38.9 Å². The molecule has 0 fully saturated rings. The number of nitrogens with two attached hydrogens (primary N) is 2. The summed E-state index contributed by atoms with van der Waals surface area (Å²) >= 11 is 1.28. The van der Waals surface area contributed by atoms with Crippen molar-refractivity contribution in [2.75, 3.05) is 25.9 Å². The van der Waals surface area contributed by atoms with E-state index in [0.717, 1.165) is 10.1 Å². The summed E-state index contributed by atoms with van der Waals surface area (Å²) in [5.74, 6) is -0.224. The number of ether oxygens (including phenoxy) is 1. The number of nitrogen functional groups attached to an aromatic ring is 1. The van der Waals surface area contributed by atoms with E-state index in [1.54, 1.807) is 20.1 Å². The van der Waals surface area contributed by atoms with Crippen molar-refractivity contribution < 1.29 is 14.3 Å². The largest absolute Gasteiger partial charge is 0.496 e. The van der Waals surface area contributed by atoms with Gasteiger partial charge in [-0.2, -0.15) is 0 Å². The molecule has 0 saturated carbocycles. The van der Waals surface area contributed by atoms with E-state index in [2.05, 4.69) is 0 Å². The lowest BCUT2D eigenvalue weighted by molar-refractivity contribution is -0.118. The van der Waals surface area contributed by atoms with Gasteiger partial charge >= 0.3 is 0 Å². The van der Waals surface area contributed by atoms with Crippen LogP contribution in [0.15, 0.2) is 18.2 Å². The summed E-state index contributed by atoms with van der Waals surface area (Å²) in [6.07, 6.45) is 0. The first-order chi connectivity index (χ1) is 9.99. The van der Waals surface area contributed by atoms with Crippen molar-refractivity contribution in [2.45, 2.75) is 6.92 Å². The zero-order valence-electron chi connectivity index (χ0n) is 11.9. The first kappa shape index (κ1) is 15.1. The van der Waals surface area contributed by atoms with Crippen LogP contribution in [0.1, 0.15) is 16.6 Å². The van der Waals surface area contributed by atoms with Crippen LogP contribution in [0.2, 0.25) is 0 Å². The number of primary amides is 1. The number of rotatable bonds is 5. The third kappa shape index (κ3) is 2.78. The molecule has 2 amide bonds. The van der Waals surface area contributed by atoms with E-state index in [9.17, 15) is 9.59 Å². The predicted octanol–water partition coefficient (Wildman–Crippen LogP) is 1.44. The van der Waals surface area contributed by atoms with Crippen molar-refractivity contribution in [1.29, 1.82) is 0 Å². The van der Waals surface area contributed by atoms with Gasteiger partial charge in [-0.1, -0.05) is 6.07 Å². The van der Waals surface area contributed by atoms with Gasteiger partial charge in [0.15, 0.2) is 0 Å². The first-order valence-corrected chi connectivity index (χ1v) is 7.23. The van der Waals surface area contributed by atoms with E-state index in [4.69, 9.17) is 16.2 Å². The number of amides is 2. The number of hydrogen-bond donors (Lipinski definition) is 2. The molecule has 7 heteroatoms. The predicted molar refractivity (Wildman–Crippen MR) is 83.6 cm³/mol. The first-order valence-electron chi connectivity index (χ1n) is 6.42. The van der Waals surface area contributed by atoms with Crippen LogP contribution in [0.4, 0.5) is 5.69 Å². The molecule has 1 heterocycles. The molecular formula is C14H17N3O3S. The Bertz CT molecular complexity index is 696. The topological polar surface area (TPSA) is 98.6 Å². The number of hydrogen-bond acceptors (Lipinski definition) is 5. The summed E-state index contributed by atoms with van der Waals surface area (Å²) in [6.45, 7) is 2.04. The molecule has 0 spiro atoms. The number of likely N-dealkylation sites (N-methyl/N-ethyl adjacent to an activating group) is 1. The Kier molecular flexibility index (Phi) is 4.32. The minimum absolute atomic E-state index is 0.125. The molecule has 1 aromatic carbocycles. The second-order valence-electron chi connectivity index (χ2n) is 4.46. The van der Waals surface area contributed by atoms with Gasteiger partial charge in [-0.05, 0) is 19.1 Å². The van der Waals surface area contributed by atoms with Gasteiger partial charge < -0.3 is 21.1 Å². The third-order valence-corrected chi connectivity index (χ3v) is 4.30. The molecule has 1 aromatic heterocycles. The van der Waals surface area contributed by atoms with Crippen LogP contribution < -0.4 is 16.2 Å². The van der Waals surface area contributed by atoms with E-state index in [-0.39, 0.29) is 12.5 Å². The minimum Gasteiger partial charge on any atom is -0.496 e. The Balaban J connectivity index is 2.49. The summed E-state index contributed by atoms with van der Waals surface area (Å²) in [4.78, 5) is 25.3. The van der Waals surface area contributed by atoms with E-state index >= 15 is 0 Å². The van der Waals surface area contributed by atoms with E-state index in [1.807, 2.05) is 12.1 Å². The van der Waals surface area contributed by atoms with Crippen LogP contribution in [0.3, 0.4) is 0 Å². The number of carbonyl (C=O) groups excluding carboxylic acids is 2. The molecule has 0 saturated heterocycles. The SMILES string of the molecule is CCN(CC(N)=O)C(=O)c1sc2cccc(OC)c2c1N. The van der Waals surface area contributed by atoms with Crippen molar-refractivity contribution in [3.63, 3.8) is 0 Å². The number of thiophene rings is 1. The lowest BCUT2D eigenvalue weighted by atomic mass is 10.2. The van der Waals surface area contributed by atoms with Crippen LogP contribution in [0.25, 0.3) is 10.1 Å². The minimum atomic E-state index is -0.553. The quantitative estimate of drug-likeness (QED) is 0.873. The monoisotopic (exact) mass is 307 g/mol. The second-order valence-corrected chi connectivity index (χ2v) is 5.52. The maximum atomic E-state index is 12.5. The summed E-state index contributed by atoms with van der Waals surface area (Å²) in [5, 5.41) is 0.725. The van der Waals surface area contributed by atoms with Crippen LogP contribution in [-0.2, 0) is 4.79 Å². The van der Waals surface area contributed by atoms with E-state index in [0.29, 0.717) is 22.9 Å². The molecular weight excluding hydrogens is 290 g/mol. The van der Waals surface area contributed by atoms with Gasteiger partial charge in [0.1, 0.15) is 10.6 Å². The van der Waals surface area contributed by atoms with Crippen LogP contribution >= 0.6 is 11.3 Å². The molecule has 4 N–H and O–H groups in total. The average Bonchev–Trinajstić information content (AvgIpc) is 2.81. The zero-order chi connectivity index (χ0) is 15.6. The Morgan fingerprint density at radius 1 is 1.38 bits per heavy atom.